The zero-order valence-corrected chi connectivity index (χ0v) is 14.2. The Morgan fingerprint density at radius 3 is 2.39 bits per heavy atom. The number of ether oxygens (including phenoxy) is 1. The highest BCUT2D eigenvalue weighted by Gasteiger charge is 2.10. The lowest BCUT2D eigenvalue weighted by molar-refractivity contribution is 0.302. The van der Waals surface area contributed by atoms with Crippen LogP contribution in [0, 0.1) is 13.8 Å². The van der Waals surface area contributed by atoms with Crippen LogP contribution >= 0.6 is 11.3 Å². The fraction of sp³-hybridized carbons (Fsp3) is 0.211. The molecule has 0 atom stereocenters. The van der Waals surface area contributed by atoms with E-state index in [1.807, 2.05) is 18.2 Å². The highest BCUT2D eigenvalue weighted by atomic mass is 32.1. The third-order valence-corrected chi connectivity index (χ3v) is 4.58. The van der Waals surface area contributed by atoms with E-state index in [0.717, 1.165) is 33.1 Å². The Morgan fingerprint density at radius 2 is 1.78 bits per heavy atom. The molecule has 1 heterocycles. The van der Waals surface area contributed by atoms with E-state index in [-0.39, 0.29) is 0 Å². The lowest BCUT2D eigenvalue weighted by Gasteiger charge is -2.13. The van der Waals surface area contributed by atoms with E-state index >= 15 is 0 Å². The molecule has 0 aliphatic heterocycles. The van der Waals surface area contributed by atoms with Crippen molar-refractivity contribution in [3.05, 3.63) is 69.5 Å². The van der Waals surface area contributed by atoms with Crippen LogP contribution < -0.4 is 10.5 Å². The average molecular weight is 324 g/mol. The summed E-state index contributed by atoms with van der Waals surface area (Å²) < 4.78 is 6.03. The zero-order chi connectivity index (χ0) is 16.2. The highest BCUT2D eigenvalue weighted by Crippen LogP contribution is 2.31. The van der Waals surface area contributed by atoms with Gasteiger partial charge in [-0.15, -0.1) is 11.3 Å². The summed E-state index contributed by atoms with van der Waals surface area (Å²) in [4.78, 5) is 4.56. The lowest BCUT2D eigenvalue weighted by atomic mass is 10.0. The van der Waals surface area contributed by atoms with Crippen LogP contribution in [0.5, 0.6) is 5.75 Å². The Labute approximate surface area is 140 Å². The Kier molecular flexibility index (Phi) is 4.74. The van der Waals surface area contributed by atoms with Crippen molar-refractivity contribution in [2.75, 3.05) is 0 Å². The summed E-state index contributed by atoms with van der Waals surface area (Å²) in [6, 6.07) is 14.5. The molecule has 118 valence electrons. The second kappa shape index (κ2) is 6.94. The molecule has 23 heavy (non-hydrogen) atoms. The van der Waals surface area contributed by atoms with Crippen LogP contribution in [0.3, 0.4) is 0 Å². The molecular weight excluding hydrogens is 304 g/mol. The summed E-state index contributed by atoms with van der Waals surface area (Å²) >= 11 is 1.60. The maximum atomic E-state index is 6.03. The molecule has 3 aromatic rings. The van der Waals surface area contributed by atoms with Crippen LogP contribution in [0.2, 0.25) is 0 Å². The molecule has 3 rings (SSSR count). The SMILES string of the molecule is Cc1cc(-c2csc(CN)n2)cc(C)c1OCc1ccccc1. The first-order valence-electron chi connectivity index (χ1n) is 7.60. The minimum absolute atomic E-state index is 0.487. The van der Waals surface area contributed by atoms with Gasteiger partial charge < -0.3 is 10.5 Å². The standard InChI is InChI=1S/C19H20N2OS/c1-13-8-16(17-12-23-18(10-20)21-17)9-14(2)19(13)22-11-15-6-4-3-5-7-15/h3-9,12H,10-11,20H2,1-2H3. The summed E-state index contributed by atoms with van der Waals surface area (Å²) in [6.45, 7) is 5.22. The molecule has 0 amide bonds. The predicted octanol–water partition coefficient (Wildman–Crippen LogP) is 4.46. The number of nitrogens with zero attached hydrogens (tertiary/aromatic N) is 1. The van der Waals surface area contributed by atoms with Crippen molar-refractivity contribution in [3.8, 4) is 17.0 Å². The smallest absolute Gasteiger partial charge is 0.125 e. The monoisotopic (exact) mass is 324 g/mol. The normalized spacial score (nSPS) is 10.7. The van der Waals surface area contributed by atoms with E-state index in [4.69, 9.17) is 10.5 Å². The molecule has 4 heteroatoms. The van der Waals surface area contributed by atoms with Crippen molar-refractivity contribution < 1.29 is 4.74 Å². The van der Waals surface area contributed by atoms with Gasteiger partial charge in [-0.05, 0) is 42.7 Å². The first-order chi connectivity index (χ1) is 11.2. The molecule has 0 aliphatic carbocycles. The fourth-order valence-electron chi connectivity index (χ4n) is 2.59. The van der Waals surface area contributed by atoms with Gasteiger partial charge in [0, 0.05) is 17.5 Å². The number of nitrogens with two attached hydrogens (primary N) is 1. The quantitative estimate of drug-likeness (QED) is 0.753. The summed E-state index contributed by atoms with van der Waals surface area (Å²) in [5.41, 5.74) is 11.2. The number of hydrogen-bond acceptors (Lipinski definition) is 4. The summed E-state index contributed by atoms with van der Waals surface area (Å²) in [6.07, 6.45) is 0. The number of thiazole rings is 1. The highest BCUT2D eigenvalue weighted by molar-refractivity contribution is 7.09. The molecule has 0 saturated carbocycles. The Balaban J connectivity index is 1.82. The van der Waals surface area contributed by atoms with Gasteiger partial charge in [-0.2, -0.15) is 0 Å². The molecule has 0 unspecified atom stereocenters. The molecule has 0 spiro atoms. The van der Waals surface area contributed by atoms with Crippen LogP contribution in [0.1, 0.15) is 21.7 Å². The second-order valence-corrected chi connectivity index (χ2v) is 6.49. The van der Waals surface area contributed by atoms with Crippen molar-refractivity contribution in [2.45, 2.75) is 27.0 Å². The van der Waals surface area contributed by atoms with Gasteiger partial charge >= 0.3 is 0 Å². The Hall–Kier alpha value is -2.17. The van der Waals surface area contributed by atoms with E-state index in [0.29, 0.717) is 13.2 Å². The van der Waals surface area contributed by atoms with Gasteiger partial charge in [0.1, 0.15) is 17.4 Å². The van der Waals surface area contributed by atoms with Crippen LogP contribution in [-0.4, -0.2) is 4.98 Å². The fourth-order valence-corrected chi connectivity index (χ4v) is 3.28. The van der Waals surface area contributed by atoms with E-state index in [1.165, 1.54) is 5.56 Å². The van der Waals surface area contributed by atoms with Gasteiger partial charge in [-0.1, -0.05) is 30.3 Å². The molecule has 2 N–H and O–H groups in total. The van der Waals surface area contributed by atoms with Gasteiger partial charge in [-0.3, -0.25) is 0 Å². The van der Waals surface area contributed by atoms with E-state index in [1.54, 1.807) is 11.3 Å². The molecule has 3 nitrogen and oxygen atoms in total. The number of aryl methyl sites for hydroxylation is 2. The molecule has 1 aromatic heterocycles. The Bertz CT molecular complexity index is 773. The maximum absolute atomic E-state index is 6.03. The molecular formula is C19H20N2OS. The van der Waals surface area contributed by atoms with Gasteiger partial charge in [0.15, 0.2) is 0 Å². The van der Waals surface area contributed by atoms with Crippen molar-refractivity contribution in [2.24, 2.45) is 5.73 Å². The van der Waals surface area contributed by atoms with Gasteiger partial charge in [0.2, 0.25) is 0 Å². The summed E-state index contributed by atoms with van der Waals surface area (Å²) in [5.74, 6) is 0.951. The zero-order valence-electron chi connectivity index (χ0n) is 13.4. The summed E-state index contributed by atoms with van der Waals surface area (Å²) in [5, 5.41) is 3.01. The molecule has 0 bridgehead atoms. The predicted molar refractivity (Wildman–Crippen MR) is 95.7 cm³/mol. The molecule has 0 fully saturated rings. The number of hydrogen-bond donors (Lipinski definition) is 1. The topological polar surface area (TPSA) is 48.1 Å². The second-order valence-electron chi connectivity index (χ2n) is 5.54. The average Bonchev–Trinajstić information content (AvgIpc) is 3.04. The molecule has 0 radical (unpaired) electrons. The van der Waals surface area contributed by atoms with E-state index in [9.17, 15) is 0 Å². The van der Waals surface area contributed by atoms with Gasteiger partial charge in [0.25, 0.3) is 0 Å². The third kappa shape index (κ3) is 3.60. The third-order valence-electron chi connectivity index (χ3n) is 3.71. The van der Waals surface area contributed by atoms with Gasteiger partial charge in [-0.25, -0.2) is 4.98 Å². The van der Waals surface area contributed by atoms with Crippen molar-refractivity contribution in [1.29, 1.82) is 0 Å². The lowest BCUT2D eigenvalue weighted by Crippen LogP contribution is -1.99. The minimum Gasteiger partial charge on any atom is -0.488 e. The van der Waals surface area contributed by atoms with Crippen molar-refractivity contribution in [3.63, 3.8) is 0 Å². The first-order valence-corrected chi connectivity index (χ1v) is 8.48. The van der Waals surface area contributed by atoms with Crippen LogP contribution in [0.15, 0.2) is 47.8 Å². The van der Waals surface area contributed by atoms with Crippen LogP contribution in [0.4, 0.5) is 0 Å². The van der Waals surface area contributed by atoms with Crippen molar-refractivity contribution in [1.82, 2.24) is 4.98 Å². The molecule has 0 saturated heterocycles. The van der Waals surface area contributed by atoms with Crippen LogP contribution in [0.25, 0.3) is 11.3 Å². The molecule has 2 aromatic carbocycles. The largest absolute Gasteiger partial charge is 0.488 e. The van der Waals surface area contributed by atoms with Crippen molar-refractivity contribution >= 4 is 11.3 Å². The minimum atomic E-state index is 0.487. The van der Waals surface area contributed by atoms with Crippen LogP contribution in [-0.2, 0) is 13.2 Å². The van der Waals surface area contributed by atoms with E-state index < -0.39 is 0 Å². The number of rotatable bonds is 5. The Morgan fingerprint density at radius 1 is 1.09 bits per heavy atom. The van der Waals surface area contributed by atoms with Gasteiger partial charge in [0.05, 0.1) is 5.69 Å². The maximum Gasteiger partial charge on any atom is 0.125 e. The summed E-state index contributed by atoms with van der Waals surface area (Å²) in [7, 11) is 0. The first kappa shape index (κ1) is 15.7. The van der Waals surface area contributed by atoms with E-state index in [2.05, 4.69) is 48.5 Å². The number of benzene rings is 2. The number of aromatic nitrogens is 1. The molecule has 0 aliphatic rings.